The van der Waals surface area contributed by atoms with Crippen LogP contribution in [0, 0.1) is 12.7 Å². The molecule has 132 valence electrons. The average molecular weight is 445 g/mol. The van der Waals surface area contributed by atoms with Crippen molar-refractivity contribution in [1.29, 1.82) is 0 Å². The molecule has 1 heterocycles. The van der Waals surface area contributed by atoms with Crippen molar-refractivity contribution >= 4 is 29.9 Å². The molecule has 2 rings (SSSR count). The molecule has 0 bridgehead atoms. The number of aryl methyl sites for hydroxylation is 2. The predicted molar refractivity (Wildman–Crippen MR) is 107 cm³/mol. The first-order chi connectivity index (χ1) is 11.1. The van der Waals surface area contributed by atoms with Gasteiger partial charge in [-0.15, -0.1) is 24.0 Å². The van der Waals surface area contributed by atoms with E-state index in [0.717, 1.165) is 43.0 Å². The Kier molecular flexibility index (Phi) is 8.73. The average Bonchev–Trinajstić information content (AvgIpc) is 2.93. The second-order valence-electron chi connectivity index (χ2n) is 5.52. The van der Waals surface area contributed by atoms with Crippen LogP contribution in [0.25, 0.3) is 0 Å². The first-order valence-electron chi connectivity index (χ1n) is 7.75. The summed E-state index contributed by atoms with van der Waals surface area (Å²) in [4.78, 5) is 4.21. The number of nitrogens with one attached hydrogen (secondary N) is 2. The highest BCUT2D eigenvalue weighted by Crippen LogP contribution is 2.10. The third kappa shape index (κ3) is 6.46. The molecule has 2 N–H and O–H groups in total. The van der Waals surface area contributed by atoms with E-state index in [1.54, 1.807) is 17.8 Å². The van der Waals surface area contributed by atoms with Gasteiger partial charge in [0.1, 0.15) is 5.82 Å². The minimum Gasteiger partial charge on any atom is -0.356 e. The molecule has 0 aliphatic rings. The predicted octanol–water partition coefficient (Wildman–Crippen LogP) is 2.44. The Balaban J connectivity index is 0.00000288. The van der Waals surface area contributed by atoms with Crippen LogP contribution in [-0.4, -0.2) is 35.9 Å². The van der Waals surface area contributed by atoms with E-state index in [1.165, 1.54) is 11.6 Å². The zero-order valence-corrected chi connectivity index (χ0v) is 16.7. The fraction of sp³-hybridized carbons (Fsp3) is 0.412. The molecule has 2 aromatic rings. The van der Waals surface area contributed by atoms with Crippen molar-refractivity contribution in [1.82, 2.24) is 20.4 Å². The van der Waals surface area contributed by atoms with Crippen molar-refractivity contribution in [2.75, 3.05) is 20.1 Å². The normalized spacial score (nSPS) is 11.1. The molecule has 1 aromatic heterocycles. The third-order valence-corrected chi connectivity index (χ3v) is 3.68. The number of nitrogens with zero attached hydrogens (tertiary/aromatic N) is 3. The van der Waals surface area contributed by atoms with E-state index < -0.39 is 0 Å². The number of hydrogen-bond acceptors (Lipinski definition) is 2. The molecule has 0 saturated carbocycles. The van der Waals surface area contributed by atoms with Crippen molar-refractivity contribution in [3.8, 4) is 0 Å². The summed E-state index contributed by atoms with van der Waals surface area (Å²) in [5.74, 6) is 0.584. The van der Waals surface area contributed by atoms with E-state index in [2.05, 4.69) is 20.7 Å². The van der Waals surface area contributed by atoms with E-state index in [-0.39, 0.29) is 29.8 Å². The van der Waals surface area contributed by atoms with Crippen molar-refractivity contribution in [3.05, 3.63) is 53.1 Å². The highest BCUT2D eigenvalue weighted by Gasteiger charge is 2.02. The molecule has 0 amide bonds. The molecule has 0 aliphatic carbocycles. The molecule has 0 fully saturated rings. The summed E-state index contributed by atoms with van der Waals surface area (Å²) in [6.07, 6.45) is 5.60. The van der Waals surface area contributed by atoms with E-state index >= 15 is 0 Å². The Labute approximate surface area is 159 Å². The fourth-order valence-electron chi connectivity index (χ4n) is 2.40. The lowest BCUT2D eigenvalue weighted by atomic mass is 10.1. The van der Waals surface area contributed by atoms with E-state index in [1.807, 2.05) is 32.4 Å². The van der Waals surface area contributed by atoms with Gasteiger partial charge in [-0.05, 0) is 48.6 Å². The van der Waals surface area contributed by atoms with E-state index in [0.29, 0.717) is 0 Å². The number of guanidine groups is 1. The number of rotatable bonds is 6. The van der Waals surface area contributed by atoms with Crippen LogP contribution in [0.5, 0.6) is 0 Å². The van der Waals surface area contributed by atoms with Gasteiger partial charge in [-0.25, -0.2) is 4.39 Å². The van der Waals surface area contributed by atoms with Crippen molar-refractivity contribution in [2.45, 2.75) is 19.8 Å². The Hall–Kier alpha value is -1.64. The summed E-state index contributed by atoms with van der Waals surface area (Å²) in [5.41, 5.74) is 3.31. The molecule has 24 heavy (non-hydrogen) atoms. The Morgan fingerprint density at radius 3 is 2.54 bits per heavy atom. The minimum atomic E-state index is -0.188. The van der Waals surface area contributed by atoms with Gasteiger partial charge in [0.2, 0.25) is 0 Å². The Bertz CT molecular complexity index is 669. The fourth-order valence-corrected chi connectivity index (χ4v) is 2.40. The summed E-state index contributed by atoms with van der Waals surface area (Å²) < 4.78 is 14.9. The van der Waals surface area contributed by atoms with Crippen LogP contribution >= 0.6 is 24.0 Å². The lowest BCUT2D eigenvalue weighted by molar-refractivity contribution is 0.625. The van der Waals surface area contributed by atoms with Crippen LogP contribution in [0.1, 0.15) is 16.7 Å². The molecule has 0 radical (unpaired) electrons. The number of benzene rings is 1. The Morgan fingerprint density at radius 2 is 1.96 bits per heavy atom. The van der Waals surface area contributed by atoms with Gasteiger partial charge in [-0.1, -0.05) is 6.07 Å². The SMILES string of the molecule is CN=C(NCCc1cnn(C)c1)NCCc1ccc(F)cc1C.I. The topological polar surface area (TPSA) is 54.2 Å². The molecular weight excluding hydrogens is 420 g/mol. The lowest BCUT2D eigenvalue weighted by Gasteiger charge is -2.12. The van der Waals surface area contributed by atoms with Gasteiger partial charge in [-0.2, -0.15) is 5.10 Å². The maximum atomic E-state index is 13.1. The van der Waals surface area contributed by atoms with Gasteiger partial charge >= 0.3 is 0 Å². The summed E-state index contributed by atoms with van der Waals surface area (Å²) >= 11 is 0. The van der Waals surface area contributed by atoms with Crippen molar-refractivity contribution < 1.29 is 4.39 Å². The highest BCUT2D eigenvalue weighted by molar-refractivity contribution is 14.0. The van der Waals surface area contributed by atoms with Gasteiger partial charge in [0.05, 0.1) is 6.20 Å². The number of aromatic nitrogens is 2. The summed E-state index contributed by atoms with van der Waals surface area (Å²) in [6, 6.07) is 4.91. The summed E-state index contributed by atoms with van der Waals surface area (Å²) in [7, 11) is 3.66. The third-order valence-electron chi connectivity index (χ3n) is 3.68. The van der Waals surface area contributed by atoms with Crippen LogP contribution in [0.15, 0.2) is 35.6 Å². The van der Waals surface area contributed by atoms with Gasteiger partial charge in [0.25, 0.3) is 0 Å². The van der Waals surface area contributed by atoms with E-state index in [4.69, 9.17) is 0 Å². The zero-order chi connectivity index (χ0) is 16.7. The standard InChI is InChI=1S/C17H24FN5.HI/c1-13-10-16(18)5-4-15(13)7-9-21-17(19-2)20-8-6-14-11-22-23(3)12-14;/h4-5,10-12H,6-9H2,1-3H3,(H2,19,20,21);1H. The molecule has 0 saturated heterocycles. The second kappa shape index (κ2) is 10.3. The maximum Gasteiger partial charge on any atom is 0.190 e. The lowest BCUT2D eigenvalue weighted by Crippen LogP contribution is -2.39. The zero-order valence-electron chi connectivity index (χ0n) is 14.3. The molecule has 5 nitrogen and oxygen atoms in total. The van der Waals surface area contributed by atoms with Crippen LogP contribution in [0.2, 0.25) is 0 Å². The minimum absolute atomic E-state index is 0. The van der Waals surface area contributed by atoms with Gasteiger partial charge in [0.15, 0.2) is 5.96 Å². The number of hydrogen-bond donors (Lipinski definition) is 2. The maximum absolute atomic E-state index is 13.1. The number of aliphatic imine (C=N–C) groups is 1. The molecule has 0 atom stereocenters. The quantitative estimate of drug-likeness (QED) is 0.408. The monoisotopic (exact) mass is 445 g/mol. The van der Waals surface area contributed by atoms with Crippen LogP contribution in [0.4, 0.5) is 4.39 Å². The Morgan fingerprint density at radius 1 is 1.25 bits per heavy atom. The molecule has 0 aliphatic heterocycles. The number of halogens is 2. The molecule has 7 heteroatoms. The van der Waals surface area contributed by atoms with Crippen LogP contribution in [0.3, 0.4) is 0 Å². The highest BCUT2D eigenvalue weighted by atomic mass is 127. The van der Waals surface area contributed by atoms with Crippen molar-refractivity contribution in [2.24, 2.45) is 12.0 Å². The summed E-state index contributed by atoms with van der Waals surface area (Å²) in [5, 5.41) is 10.7. The smallest absolute Gasteiger partial charge is 0.190 e. The largest absolute Gasteiger partial charge is 0.356 e. The van der Waals surface area contributed by atoms with Crippen LogP contribution < -0.4 is 10.6 Å². The van der Waals surface area contributed by atoms with Gasteiger partial charge in [0, 0.05) is 33.4 Å². The van der Waals surface area contributed by atoms with E-state index in [9.17, 15) is 4.39 Å². The van der Waals surface area contributed by atoms with Gasteiger partial charge in [-0.3, -0.25) is 9.67 Å². The first kappa shape index (κ1) is 20.4. The molecule has 1 aromatic carbocycles. The van der Waals surface area contributed by atoms with Crippen molar-refractivity contribution in [3.63, 3.8) is 0 Å². The molecule has 0 spiro atoms. The second-order valence-corrected chi connectivity index (χ2v) is 5.52. The van der Waals surface area contributed by atoms with Crippen LogP contribution in [-0.2, 0) is 19.9 Å². The first-order valence-corrected chi connectivity index (χ1v) is 7.75. The molecule has 0 unspecified atom stereocenters. The molecular formula is C17H25FIN5. The summed E-state index contributed by atoms with van der Waals surface area (Å²) in [6.45, 7) is 3.47. The van der Waals surface area contributed by atoms with Gasteiger partial charge < -0.3 is 10.6 Å².